The van der Waals surface area contributed by atoms with Gasteiger partial charge in [-0.25, -0.2) is 8.42 Å². The molecule has 168 valence electrons. The zero-order valence-electron chi connectivity index (χ0n) is 18.6. The van der Waals surface area contributed by atoms with Crippen molar-refractivity contribution in [3.63, 3.8) is 0 Å². The van der Waals surface area contributed by atoms with Crippen LogP contribution in [0.1, 0.15) is 39.5 Å². The third-order valence-corrected chi connectivity index (χ3v) is 8.27. The molecule has 0 radical (unpaired) electrons. The largest absolute Gasteiger partial charge is 0.487 e. The molecule has 2 aliphatic heterocycles. The van der Waals surface area contributed by atoms with Crippen LogP contribution in [0, 0.1) is 5.92 Å². The summed E-state index contributed by atoms with van der Waals surface area (Å²) in [6.45, 7) is 6.27. The van der Waals surface area contributed by atoms with Crippen LogP contribution in [0.2, 0.25) is 0 Å². The van der Waals surface area contributed by atoms with Crippen molar-refractivity contribution in [3.05, 3.63) is 24.3 Å². The lowest BCUT2D eigenvalue weighted by Gasteiger charge is -2.32. The van der Waals surface area contributed by atoms with E-state index in [2.05, 4.69) is 0 Å². The number of likely N-dealkylation sites (N-methyl/N-ethyl adjacent to an activating group) is 1. The van der Waals surface area contributed by atoms with Crippen LogP contribution in [0.5, 0.6) is 5.75 Å². The molecular weight excluding hydrogens is 402 g/mol. The van der Waals surface area contributed by atoms with Crippen LogP contribution < -0.4 is 4.74 Å². The molecule has 1 aromatic carbocycles. The summed E-state index contributed by atoms with van der Waals surface area (Å²) < 4.78 is 35.0. The molecule has 0 spiro atoms. The number of hydrogen-bond donors (Lipinski definition) is 0. The first-order chi connectivity index (χ1) is 14.3. The Kier molecular flexibility index (Phi) is 7.42. The molecule has 0 saturated carbocycles. The standard InChI is InChI=1S/C22H35N3O4S/c1-5-17(6-2)22(26)24-13-11-18-19(12-14-24)29-20-9-7-8-10-21(20)30(27,28)25(18)16-15-23(3)4/h7-10,17-19H,5-6,11-16H2,1-4H3/t18-,19-/m0/s1. The number of hydrogen-bond acceptors (Lipinski definition) is 5. The maximum atomic E-state index is 13.6. The SMILES string of the molecule is CCC(CC)C(=O)N1CC[C@@H]2Oc3ccccc3S(=O)(=O)N(CCN(C)C)[C@H]2CC1. The van der Waals surface area contributed by atoms with Crippen LogP contribution in [0.3, 0.4) is 0 Å². The van der Waals surface area contributed by atoms with Crippen LogP contribution in [0.25, 0.3) is 0 Å². The van der Waals surface area contributed by atoms with Crippen molar-refractivity contribution in [2.24, 2.45) is 5.92 Å². The highest BCUT2D eigenvalue weighted by Crippen LogP contribution is 2.36. The topological polar surface area (TPSA) is 70.2 Å². The second kappa shape index (κ2) is 9.66. The zero-order valence-corrected chi connectivity index (χ0v) is 19.4. The Bertz CT molecular complexity index is 839. The number of para-hydroxylation sites is 1. The van der Waals surface area contributed by atoms with E-state index in [9.17, 15) is 13.2 Å². The molecule has 0 aliphatic carbocycles. The van der Waals surface area contributed by atoms with Gasteiger partial charge in [0.15, 0.2) is 0 Å². The molecule has 0 N–H and O–H groups in total. The first-order valence-corrected chi connectivity index (χ1v) is 12.4. The van der Waals surface area contributed by atoms with E-state index < -0.39 is 10.0 Å². The quantitative estimate of drug-likeness (QED) is 0.684. The molecular formula is C22H35N3O4S. The fourth-order valence-corrected chi connectivity index (χ4v) is 6.25. The minimum absolute atomic E-state index is 0.0307. The maximum absolute atomic E-state index is 13.6. The lowest BCUT2D eigenvalue weighted by molar-refractivity contribution is -0.135. The van der Waals surface area contributed by atoms with Gasteiger partial charge in [0.2, 0.25) is 15.9 Å². The number of carbonyl (C=O) groups excluding carboxylic acids is 1. The highest BCUT2D eigenvalue weighted by atomic mass is 32.2. The Hall–Kier alpha value is -1.64. The Morgan fingerprint density at radius 1 is 1.17 bits per heavy atom. The van der Waals surface area contributed by atoms with E-state index in [-0.39, 0.29) is 28.9 Å². The molecule has 1 aromatic rings. The van der Waals surface area contributed by atoms with Crippen LogP contribution in [-0.4, -0.2) is 80.9 Å². The lowest BCUT2D eigenvalue weighted by Crippen LogP contribution is -2.49. The van der Waals surface area contributed by atoms with Gasteiger partial charge < -0.3 is 14.5 Å². The molecule has 8 heteroatoms. The lowest BCUT2D eigenvalue weighted by atomic mass is 10.0. The van der Waals surface area contributed by atoms with Crippen LogP contribution >= 0.6 is 0 Å². The summed E-state index contributed by atoms with van der Waals surface area (Å²) in [6, 6.07) is 6.61. The van der Waals surface area contributed by atoms with Gasteiger partial charge in [-0.15, -0.1) is 0 Å². The predicted molar refractivity (Wildman–Crippen MR) is 117 cm³/mol. The number of amides is 1. The number of ether oxygens (including phenoxy) is 1. The molecule has 1 saturated heterocycles. The zero-order chi connectivity index (χ0) is 21.9. The van der Waals surface area contributed by atoms with Crippen molar-refractivity contribution in [1.29, 1.82) is 0 Å². The van der Waals surface area contributed by atoms with Crippen LogP contribution in [-0.2, 0) is 14.8 Å². The molecule has 0 aromatic heterocycles. The number of nitrogens with zero attached hydrogens (tertiary/aromatic N) is 3. The normalized spacial score (nSPS) is 24.0. The van der Waals surface area contributed by atoms with E-state index in [4.69, 9.17) is 4.74 Å². The summed E-state index contributed by atoms with van der Waals surface area (Å²) in [7, 11) is 0.193. The van der Waals surface area contributed by atoms with Gasteiger partial charge in [-0.2, -0.15) is 4.31 Å². The summed E-state index contributed by atoms with van der Waals surface area (Å²) in [5.41, 5.74) is 0. The summed E-state index contributed by atoms with van der Waals surface area (Å²) in [5, 5.41) is 0. The second-order valence-corrected chi connectivity index (χ2v) is 10.4. The first-order valence-electron chi connectivity index (χ1n) is 11.0. The van der Waals surface area contributed by atoms with Crippen molar-refractivity contribution in [3.8, 4) is 5.75 Å². The summed E-state index contributed by atoms with van der Waals surface area (Å²) in [4.78, 5) is 17.1. The van der Waals surface area contributed by atoms with Gasteiger partial charge in [0.1, 0.15) is 16.7 Å². The summed E-state index contributed by atoms with van der Waals surface area (Å²) in [5.74, 6) is 0.627. The number of benzene rings is 1. The molecule has 1 fully saturated rings. The van der Waals surface area contributed by atoms with Gasteiger partial charge in [0, 0.05) is 38.5 Å². The molecule has 2 atom stereocenters. The average Bonchev–Trinajstić information content (AvgIpc) is 2.96. The molecule has 2 heterocycles. The third-order valence-electron chi connectivity index (χ3n) is 6.31. The molecule has 7 nitrogen and oxygen atoms in total. The van der Waals surface area contributed by atoms with Crippen molar-refractivity contribution < 1.29 is 17.9 Å². The molecule has 30 heavy (non-hydrogen) atoms. The van der Waals surface area contributed by atoms with Gasteiger partial charge in [-0.1, -0.05) is 26.0 Å². The highest BCUT2D eigenvalue weighted by Gasteiger charge is 2.43. The Labute approximate surface area is 181 Å². The molecule has 0 unspecified atom stereocenters. The Morgan fingerprint density at radius 3 is 2.50 bits per heavy atom. The van der Waals surface area contributed by atoms with E-state index in [0.29, 0.717) is 44.8 Å². The van der Waals surface area contributed by atoms with Crippen molar-refractivity contribution in [2.45, 2.75) is 56.6 Å². The predicted octanol–water partition coefficient (Wildman–Crippen LogP) is 2.43. The van der Waals surface area contributed by atoms with Gasteiger partial charge in [0.05, 0.1) is 6.04 Å². The van der Waals surface area contributed by atoms with E-state index >= 15 is 0 Å². The third kappa shape index (κ3) is 4.65. The Balaban J connectivity index is 1.93. The maximum Gasteiger partial charge on any atom is 0.247 e. The van der Waals surface area contributed by atoms with E-state index in [0.717, 1.165) is 12.8 Å². The minimum atomic E-state index is -3.69. The van der Waals surface area contributed by atoms with Crippen molar-refractivity contribution >= 4 is 15.9 Å². The van der Waals surface area contributed by atoms with E-state index in [1.807, 2.05) is 37.7 Å². The summed E-state index contributed by atoms with van der Waals surface area (Å²) in [6.07, 6.45) is 2.58. The van der Waals surface area contributed by atoms with Crippen LogP contribution in [0.4, 0.5) is 0 Å². The van der Waals surface area contributed by atoms with E-state index in [1.54, 1.807) is 28.6 Å². The van der Waals surface area contributed by atoms with E-state index in [1.165, 1.54) is 0 Å². The van der Waals surface area contributed by atoms with Crippen LogP contribution in [0.15, 0.2) is 29.2 Å². The fraction of sp³-hybridized carbons (Fsp3) is 0.682. The van der Waals surface area contributed by atoms with Gasteiger partial charge >= 0.3 is 0 Å². The second-order valence-electron chi connectivity index (χ2n) is 8.51. The van der Waals surface area contributed by atoms with Gasteiger partial charge in [-0.3, -0.25) is 4.79 Å². The molecule has 3 rings (SSSR count). The Morgan fingerprint density at radius 2 is 1.83 bits per heavy atom. The van der Waals surface area contributed by atoms with Crippen molar-refractivity contribution in [2.75, 3.05) is 40.3 Å². The smallest absolute Gasteiger partial charge is 0.247 e. The number of rotatable bonds is 6. The number of carbonyl (C=O) groups is 1. The summed E-state index contributed by atoms with van der Waals surface area (Å²) >= 11 is 0. The highest BCUT2D eigenvalue weighted by molar-refractivity contribution is 7.89. The minimum Gasteiger partial charge on any atom is -0.487 e. The molecule has 0 bridgehead atoms. The van der Waals surface area contributed by atoms with Gasteiger partial charge in [0.25, 0.3) is 0 Å². The molecule has 1 amide bonds. The van der Waals surface area contributed by atoms with Crippen molar-refractivity contribution in [1.82, 2.24) is 14.1 Å². The number of sulfonamides is 1. The monoisotopic (exact) mass is 437 g/mol. The number of likely N-dealkylation sites (tertiary alicyclic amines) is 1. The molecule has 2 aliphatic rings. The number of fused-ring (bicyclic) bond motifs is 2. The fourth-order valence-electron chi connectivity index (χ4n) is 4.46. The average molecular weight is 438 g/mol. The van der Waals surface area contributed by atoms with Gasteiger partial charge in [-0.05, 0) is 45.5 Å². The first kappa shape index (κ1) is 23.0.